The molecule has 395 valence electrons. The van der Waals surface area contributed by atoms with Gasteiger partial charge in [-0.15, -0.1) is 0 Å². The van der Waals surface area contributed by atoms with E-state index in [2.05, 4.69) is 148 Å². The summed E-state index contributed by atoms with van der Waals surface area (Å²) >= 11 is -3.82. The van der Waals surface area contributed by atoms with Gasteiger partial charge in [0.1, 0.15) is 0 Å². The predicted octanol–water partition coefficient (Wildman–Crippen LogP) is 17.8. The summed E-state index contributed by atoms with van der Waals surface area (Å²) in [7, 11) is 0. The number of rotatable bonds is 13. The van der Waals surface area contributed by atoms with Gasteiger partial charge in [0.05, 0.1) is 0 Å². The van der Waals surface area contributed by atoms with Gasteiger partial charge in [0.25, 0.3) is 0 Å². The van der Waals surface area contributed by atoms with Crippen molar-refractivity contribution in [1.29, 1.82) is 0 Å². The van der Waals surface area contributed by atoms with Crippen LogP contribution >= 0.6 is 0 Å². The quantitative estimate of drug-likeness (QED) is 0.161. The monoisotopic (exact) mass is 1110 g/mol. The second kappa shape index (κ2) is 33.3. The predicted molar refractivity (Wildman–Crippen MR) is 311 cm³/mol. The van der Waals surface area contributed by atoms with Gasteiger partial charge in [0, 0.05) is 0 Å². The van der Waals surface area contributed by atoms with Crippen molar-refractivity contribution in [1.82, 2.24) is 11.4 Å². The van der Waals surface area contributed by atoms with E-state index in [4.69, 9.17) is 0 Å². The van der Waals surface area contributed by atoms with Crippen molar-refractivity contribution in [2.45, 2.75) is 296 Å². The molecule has 69 heavy (non-hydrogen) atoms. The van der Waals surface area contributed by atoms with Crippen LogP contribution in [0.1, 0.15) is 238 Å². The van der Waals surface area contributed by atoms with E-state index in [0.717, 1.165) is 23.9 Å². The van der Waals surface area contributed by atoms with Crippen LogP contribution in [-0.2, 0) is 52.1 Å². The molecule has 3 N–H and O–H groups in total. The Balaban J connectivity index is 0.000000279. The summed E-state index contributed by atoms with van der Waals surface area (Å²) in [4.78, 5) is 0. The third-order valence-electron chi connectivity index (χ3n) is 18.2. The van der Waals surface area contributed by atoms with Gasteiger partial charge in [-0.05, 0) is 0 Å². The number of hydrogen-bond acceptors (Lipinski definition) is 3. The van der Waals surface area contributed by atoms with Crippen LogP contribution in [0.4, 0.5) is 0 Å². The first-order valence-electron chi connectivity index (χ1n) is 29.7. The molecule has 0 amide bonds. The Morgan fingerprint density at radius 2 is 0.623 bits per heavy atom. The van der Waals surface area contributed by atoms with Gasteiger partial charge in [-0.2, -0.15) is 0 Å². The van der Waals surface area contributed by atoms with Crippen LogP contribution in [0.3, 0.4) is 0 Å². The van der Waals surface area contributed by atoms with Gasteiger partial charge in [-0.3, -0.25) is 0 Å². The van der Waals surface area contributed by atoms with Crippen LogP contribution in [0.25, 0.3) is 0 Å². The average Bonchev–Trinajstić information content (AvgIpc) is 3.68. The van der Waals surface area contributed by atoms with E-state index in [1.807, 2.05) is 11.6 Å². The van der Waals surface area contributed by atoms with Gasteiger partial charge in [-0.25, -0.2) is 0 Å². The number of nitrogens with one attached hydrogen (secondary N) is 3. The van der Waals surface area contributed by atoms with Gasteiger partial charge < -0.3 is 0 Å². The fourth-order valence-electron chi connectivity index (χ4n) is 12.3. The fraction of sp³-hybridized carbons (Fsp3) is 0.800. The van der Waals surface area contributed by atoms with Gasteiger partial charge in [0.2, 0.25) is 0 Å². The van der Waals surface area contributed by atoms with Crippen LogP contribution in [0.15, 0.2) is 61.8 Å². The molecule has 5 aliphatic rings. The Morgan fingerprint density at radius 1 is 0.391 bits per heavy atom. The van der Waals surface area contributed by atoms with Crippen molar-refractivity contribution in [3.05, 3.63) is 61.8 Å². The third kappa shape index (κ3) is 19.6. The Hall–Kier alpha value is 1.11. The molecule has 4 unspecified atom stereocenters. The van der Waals surface area contributed by atoms with E-state index >= 15 is 0 Å². The summed E-state index contributed by atoms with van der Waals surface area (Å²) in [5, 5.41) is 0. The van der Waals surface area contributed by atoms with Gasteiger partial charge in [-0.1, -0.05) is 0 Å². The van der Waals surface area contributed by atoms with Gasteiger partial charge >= 0.3 is 459 Å². The number of allylic oxidation sites excluding steroid dienone is 12. The molecular weight excluding hydrogens is 991 g/mol. The molecule has 2 saturated carbocycles. The summed E-state index contributed by atoms with van der Waals surface area (Å²) in [6, 6.07) is 2.33. The van der Waals surface area contributed by atoms with Crippen LogP contribution in [0.2, 0.25) is 39.3 Å². The van der Waals surface area contributed by atoms with E-state index in [-0.39, 0.29) is 0 Å². The minimum absolute atomic E-state index is 0.569. The Bertz CT molecular complexity index is 1750. The molecule has 0 aromatic carbocycles. The van der Waals surface area contributed by atoms with E-state index in [1.165, 1.54) is 141 Å². The van der Waals surface area contributed by atoms with Crippen molar-refractivity contribution < 1.29 is 52.1 Å². The molecule has 0 aliphatic heterocycles. The Kier molecular flexibility index (Phi) is 31.1. The first-order chi connectivity index (χ1) is 32.7. The van der Waals surface area contributed by atoms with Crippen LogP contribution in [0, 0.1) is 17.8 Å². The van der Waals surface area contributed by atoms with E-state index in [9.17, 15) is 0 Å². The molecule has 2 fully saturated rings. The molecule has 0 radical (unpaired) electrons. The molecule has 0 aromatic rings. The molecule has 3 nitrogen and oxygen atoms in total. The van der Waals surface area contributed by atoms with E-state index < -0.39 is 72.1 Å². The molecular formula is C60H116N3Si3Ti3. The SMILES string of the molecule is CC1=C(C)C(C)[C]([Ti]([NH]C2CCCCCCCCCC2)[SiH](C)C)=C1C.CC1=C(C)C(C)[C]([Ti]([NH]C2CCCCCCCCCCC2)[SiH](C)C)=C1C.CCC(C)[NH][Ti]([C]1=C(C)C(C)=C(C)C1C)[SiH](C)C. The van der Waals surface area contributed by atoms with Crippen molar-refractivity contribution >= 4 is 20.0 Å². The molecule has 4 atom stereocenters. The zero-order valence-electron chi connectivity index (χ0n) is 49.8. The van der Waals surface area contributed by atoms with E-state index in [1.54, 1.807) is 50.2 Å². The minimum atomic E-state index is -1.31. The summed E-state index contributed by atoms with van der Waals surface area (Å²) in [6.45, 7) is 47.1. The summed E-state index contributed by atoms with van der Waals surface area (Å²) in [5.74, 6) is 2.16. The zero-order chi connectivity index (χ0) is 51.5. The van der Waals surface area contributed by atoms with Crippen LogP contribution in [-0.4, -0.2) is 38.1 Å². The number of hydrogen-bond donors (Lipinski definition) is 3. The molecule has 5 aliphatic carbocycles. The average molecular weight is 1110 g/mol. The van der Waals surface area contributed by atoms with E-state index in [0.29, 0.717) is 12.0 Å². The van der Waals surface area contributed by atoms with Crippen molar-refractivity contribution in [3.8, 4) is 0 Å². The van der Waals surface area contributed by atoms with Crippen LogP contribution < -0.4 is 11.4 Å². The fourth-order valence-corrected chi connectivity index (χ4v) is 47.6. The second-order valence-electron chi connectivity index (χ2n) is 24.2. The zero-order valence-corrected chi connectivity index (χ0v) is 57.9. The normalized spacial score (nSPS) is 24.1. The molecule has 0 saturated heterocycles. The summed E-state index contributed by atoms with van der Waals surface area (Å²) < 4.78 is 18.5. The van der Waals surface area contributed by atoms with Crippen LogP contribution in [0.5, 0.6) is 0 Å². The summed E-state index contributed by atoms with van der Waals surface area (Å²) in [6.07, 6.45) is 31.9. The first kappa shape index (κ1) is 64.4. The molecule has 0 aromatic heterocycles. The maximum absolute atomic E-state index is 4.40. The van der Waals surface area contributed by atoms with Crippen molar-refractivity contribution in [3.63, 3.8) is 0 Å². The molecule has 0 spiro atoms. The molecule has 0 heterocycles. The molecule has 9 heteroatoms. The first-order valence-corrected chi connectivity index (χ1v) is 51.2. The van der Waals surface area contributed by atoms with Crippen molar-refractivity contribution in [2.75, 3.05) is 0 Å². The standard InChI is InChI=1S/C12H24N.C11H22N.3C9H13.C4H10N.3C2H7Si.3Ti/c13-12-10-8-6-4-2-1-3-5-7-9-11-12;12-11-9-7-5-3-1-2-4-6-8-10-11;3*1-6-5-7(2)9(4)8(6)3;1-3-4(2)5;3*1-3-2;;;/h12-13H,1-11H2;11-12H,1-10H2;3*6H,1-4H3;4-5H,3H2,1-2H3;3*3H,1-2H3;;;/q2*-1;;;;-1;;;;3*+1. The second-order valence-corrected chi connectivity index (χ2v) is 62.3. The topological polar surface area (TPSA) is 36.1 Å². The maximum atomic E-state index is 4.40. The Labute approximate surface area is 454 Å². The Morgan fingerprint density at radius 3 is 0.826 bits per heavy atom. The third-order valence-corrected chi connectivity index (χ3v) is 53.8. The van der Waals surface area contributed by atoms with Crippen molar-refractivity contribution in [2.24, 2.45) is 17.8 Å². The molecule has 5 rings (SSSR count). The molecule has 0 bridgehead atoms. The summed E-state index contributed by atoms with van der Waals surface area (Å²) in [5.41, 5.74) is 14.7. The van der Waals surface area contributed by atoms with Gasteiger partial charge in [0.15, 0.2) is 0 Å².